The fourth-order valence-electron chi connectivity index (χ4n) is 2.75. The molecule has 1 amide bonds. The maximum atomic E-state index is 11.9. The number of carbonyl (C=O) groups is 1. The standard InChI is InChI=1S/C16H21Cl2NO2/c17-14-6-4-11(9-15(14)18)5-7-16(21)19-10-12-2-1-3-13(20)8-12/h4,6,9,12-13,20H,1-3,5,7-8,10H2,(H,19,21). The van der Waals surface area contributed by atoms with Gasteiger partial charge in [0.05, 0.1) is 16.1 Å². The van der Waals surface area contributed by atoms with Gasteiger partial charge < -0.3 is 10.4 Å². The summed E-state index contributed by atoms with van der Waals surface area (Å²) in [7, 11) is 0. The van der Waals surface area contributed by atoms with Crippen LogP contribution in [0.2, 0.25) is 10.0 Å². The number of rotatable bonds is 5. The second-order valence-corrected chi connectivity index (χ2v) is 6.55. The number of hydrogen-bond acceptors (Lipinski definition) is 2. The van der Waals surface area contributed by atoms with Crippen LogP contribution in [0.3, 0.4) is 0 Å². The summed E-state index contributed by atoms with van der Waals surface area (Å²) in [5.41, 5.74) is 1.01. The first-order valence-electron chi connectivity index (χ1n) is 7.43. The molecule has 116 valence electrons. The molecule has 1 aliphatic carbocycles. The van der Waals surface area contributed by atoms with Crippen molar-refractivity contribution in [1.82, 2.24) is 5.32 Å². The Morgan fingerprint density at radius 2 is 2.10 bits per heavy atom. The van der Waals surface area contributed by atoms with E-state index in [4.69, 9.17) is 23.2 Å². The van der Waals surface area contributed by atoms with Gasteiger partial charge in [-0.15, -0.1) is 0 Å². The quantitative estimate of drug-likeness (QED) is 0.867. The van der Waals surface area contributed by atoms with Gasteiger partial charge in [-0.1, -0.05) is 35.7 Å². The third kappa shape index (κ3) is 5.50. The molecule has 2 unspecified atom stereocenters. The SMILES string of the molecule is O=C(CCc1ccc(Cl)c(Cl)c1)NCC1CCCC(O)C1. The molecule has 1 saturated carbocycles. The van der Waals surface area contributed by atoms with Crippen molar-refractivity contribution in [3.8, 4) is 0 Å². The Morgan fingerprint density at radius 1 is 1.29 bits per heavy atom. The lowest BCUT2D eigenvalue weighted by atomic mass is 9.87. The number of aryl methyl sites for hydroxylation is 1. The Balaban J connectivity index is 1.70. The van der Waals surface area contributed by atoms with Crippen molar-refractivity contribution >= 4 is 29.1 Å². The van der Waals surface area contributed by atoms with Crippen LogP contribution >= 0.6 is 23.2 Å². The van der Waals surface area contributed by atoms with E-state index in [1.54, 1.807) is 12.1 Å². The number of benzene rings is 1. The molecule has 2 rings (SSSR count). The van der Waals surface area contributed by atoms with Crippen LogP contribution in [0.4, 0.5) is 0 Å². The lowest BCUT2D eigenvalue weighted by Gasteiger charge is -2.25. The lowest BCUT2D eigenvalue weighted by molar-refractivity contribution is -0.121. The van der Waals surface area contributed by atoms with Gasteiger partial charge in [-0.25, -0.2) is 0 Å². The molecular weight excluding hydrogens is 309 g/mol. The van der Waals surface area contributed by atoms with E-state index in [1.807, 2.05) is 6.07 Å². The average molecular weight is 330 g/mol. The van der Waals surface area contributed by atoms with Crippen molar-refractivity contribution in [2.45, 2.75) is 44.6 Å². The average Bonchev–Trinajstić information content (AvgIpc) is 2.46. The summed E-state index contributed by atoms with van der Waals surface area (Å²) in [6.07, 6.45) is 4.71. The van der Waals surface area contributed by atoms with Gasteiger partial charge >= 0.3 is 0 Å². The van der Waals surface area contributed by atoms with Crippen molar-refractivity contribution in [2.75, 3.05) is 6.54 Å². The van der Waals surface area contributed by atoms with Crippen molar-refractivity contribution in [2.24, 2.45) is 5.92 Å². The summed E-state index contributed by atoms with van der Waals surface area (Å²) in [5.74, 6) is 0.448. The highest BCUT2D eigenvalue weighted by Crippen LogP contribution is 2.24. The zero-order chi connectivity index (χ0) is 15.2. The predicted molar refractivity (Wildman–Crippen MR) is 85.8 cm³/mol. The zero-order valence-electron chi connectivity index (χ0n) is 11.9. The molecule has 0 saturated heterocycles. The van der Waals surface area contributed by atoms with E-state index >= 15 is 0 Å². The van der Waals surface area contributed by atoms with Crippen LogP contribution in [0, 0.1) is 5.92 Å². The van der Waals surface area contributed by atoms with Crippen LogP contribution in [0.15, 0.2) is 18.2 Å². The van der Waals surface area contributed by atoms with Gasteiger partial charge in [0.2, 0.25) is 5.91 Å². The molecule has 21 heavy (non-hydrogen) atoms. The number of hydrogen-bond donors (Lipinski definition) is 2. The molecule has 1 aromatic rings. The van der Waals surface area contributed by atoms with Crippen LogP contribution in [0.1, 0.15) is 37.7 Å². The summed E-state index contributed by atoms with van der Waals surface area (Å²) >= 11 is 11.8. The molecule has 5 heteroatoms. The molecule has 0 aromatic heterocycles. The number of amides is 1. The highest BCUT2D eigenvalue weighted by molar-refractivity contribution is 6.42. The molecule has 1 aliphatic rings. The largest absolute Gasteiger partial charge is 0.393 e. The lowest BCUT2D eigenvalue weighted by Crippen LogP contribution is -2.33. The number of nitrogens with one attached hydrogen (secondary N) is 1. The summed E-state index contributed by atoms with van der Waals surface area (Å²) in [6.45, 7) is 0.664. The number of halogens is 2. The molecule has 3 nitrogen and oxygen atoms in total. The molecule has 1 aromatic carbocycles. The third-order valence-corrected chi connectivity index (χ3v) is 4.71. The first-order valence-corrected chi connectivity index (χ1v) is 8.19. The monoisotopic (exact) mass is 329 g/mol. The maximum Gasteiger partial charge on any atom is 0.220 e. The number of aliphatic hydroxyl groups is 1. The van der Waals surface area contributed by atoms with Crippen molar-refractivity contribution in [3.63, 3.8) is 0 Å². The Bertz CT molecular complexity index is 493. The molecule has 2 N–H and O–H groups in total. The number of aliphatic hydroxyl groups excluding tert-OH is 1. The maximum absolute atomic E-state index is 11.9. The third-order valence-electron chi connectivity index (χ3n) is 3.97. The second kappa shape index (κ2) is 8.02. The van der Waals surface area contributed by atoms with E-state index in [0.29, 0.717) is 35.3 Å². The number of carbonyl (C=O) groups excluding carboxylic acids is 1. The summed E-state index contributed by atoms with van der Waals surface area (Å²) in [5, 5.41) is 13.6. The van der Waals surface area contributed by atoms with E-state index in [9.17, 15) is 9.90 Å². The van der Waals surface area contributed by atoms with Gasteiger partial charge in [-0.2, -0.15) is 0 Å². The van der Waals surface area contributed by atoms with Gasteiger partial charge in [0.15, 0.2) is 0 Å². The van der Waals surface area contributed by atoms with Gasteiger partial charge in [0.1, 0.15) is 0 Å². The smallest absolute Gasteiger partial charge is 0.220 e. The Morgan fingerprint density at radius 3 is 2.81 bits per heavy atom. The minimum atomic E-state index is -0.197. The Kier molecular flexibility index (Phi) is 6.34. The van der Waals surface area contributed by atoms with Crippen LogP contribution < -0.4 is 5.32 Å². The van der Waals surface area contributed by atoms with Crippen LogP contribution in [0.25, 0.3) is 0 Å². The highest BCUT2D eigenvalue weighted by atomic mass is 35.5. The fraction of sp³-hybridized carbons (Fsp3) is 0.562. The molecule has 0 heterocycles. The Labute approximate surface area is 135 Å². The van der Waals surface area contributed by atoms with Crippen LogP contribution in [-0.2, 0) is 11.2 Å². The summed E-state index contributed by atoms with van der Waals surface area (Å²) in [4.78, 5) is 11.9. The van der Waals surface area contributed by atoms with Gasteiger partial charge in [-0.3, -0.25) is 4.79 Å². The molecule has 0 aliphatic heterocycles. The van der Waals surface area contributed by atoms with E-state index in [-0.39, 0.29) is 12.0 Å². The van der Waals surface area contributed by atoms with E-state index in [2.05, 4.69) is 5.32 Å². The summed E-state index contributed by atoms with van der Waals surface area (Å²) < 4.78 is 0. The van der Waals surface area contributed by atoms with Crippen LogP contribution in [0.5, 0.6) is 0 Å². The van der Waals surface area contributed by atoms with E-state index in [1.165, 1.54) is 0 Å². The van der Waals surface area contributed by atoms with E-state index in [0.717, 1.165) is 31.2 Å². The van der Waals surface area contributed by atoms with Crippen molar-refractivity contribution in [3.05, 3.63) is 33.8 Å². The first-order chi connectivity index (χ1) is 10.0. The molecule has 0 bridgehead atoms. The summed E-state index contributed by atoms with van der Waals surface area (Å²) in [6, 6.07) is 5.44. The van der Waals surface area contributed by atoms with E-state index < -0.39 is 0 Å². The van der Waals surface area contributed by atoms with Crippen molar-refractivity contribution in [1.29, 1.82) is 0 Å². The van der Waals surface area contributed by atoms with Gasteiger partial charge in [0, 0.05) is 13.0 Å². The topological polar surface area (TPSA) is 49.3 Å². The highest BCUT2D eigenvalue weighted by Gasteiger charge is 2.20. The molecule has 0 spiro atoms. The van der Waals surface area contributed by atoms with Gasteiger partial charge in [0.25, 0.3) is 0 Å². The van der Waals surface area contributed by atoms with Crippen LogP contribution in [-0.4, -0.2) is 23.7 Å². The Hall–Kier alpha value is -0.770. The normalized spacial score (nSPS) is 22.0. The fourth-order valence-corrected chi connectivity index (χ4v) is 3.07. The van der Waals surface area contributed by atoms with Gasteiger partial charge in [-0.05, 0) is 49.3 Å². The van der Waals surface area contributed by atoms with Crippen molar-refractivity contribution < 1.29 is 9.90 Å². The molecule has 2 atom stereocenters. The minimum absolute atomic E-state index is 0.0427. The zero-order valence-corrected chi connectivity index (χ0v) is 13.5. The second-order valence-electron chi connectivity index (χ2n) is 5.74. The minimum Gasteiger partial charge on any atom is -0.393 e. The first kappa shape index (κ1) is 16.6. The molecule has 0 radical (unpaired) electrons. The predicted octanol–water partition coefficient (Wildman–Crippen LogP) is 3.59. The molecular formula is C16H21Cl2NO2. The molecule has 1 fully saturated rings.